The lowest BCUT2D eigenvalue weighted by Crippen LogP contribution is -2.43. The molecule has 0 N–H and O–H groups in total. The highest BCUT2D eigenvalue weighted by Crippen LogP contribution is 2.31. The lowest BCUT2D eigenvalue weighted by atomic mass is 9.79. The summed E-state index contributed by atoms with van der Waals surface area (Å²) in [6, 6.07) is 0.757. The quantitative estimate of drug-likeness (QED) is 0.723. The fraction of sp³-hybridized carbons (Fsp3) is 0.944. The van der Waals surface area contributed by atoms with Crippen LogP contribution in [0.4, 0.5) is 0 Å². The molecule has 2 fully saturated rings. The minimum atomic E-state index is 0.327. The van der Waals surface area contributed by atoms with Gasteiger partial charge in [-0.15, -0.1) is 0 Å². The van der Waals surface area contributed by atoms with E-state index < -0.39 is 0 Å². The molecule has 0 saturated heterocycles. The molecule has 2 saturated carbocycles. The fourth-order valence-corrected chi connectivity index (χ4v) is 4.14. The average Bonchev–Trinajstić information content (AvgIpc) is 2.94. The molecule has 2 aliphatic carbocycles. The van der Waals surface area contributed by atoms with E-state index in [4.69, 9.17) is 0 Å². The Kier molecular flexibility index (Phi) is 6.07. The third kappa shape index (κ3) is 4.31. The van der Waals surface area contributed by atoms with E-state index in [1.54, 1.807) is 0 Å². The van der Waals surface area contributed by atoms with E-state index in [2.05, 4.69) is 25.7 Å². The van der Waals surface area contributed by atoms with Crippen molar-refractivity contribution >= 4 is 5.78 Å². The van der Waals surface area contributed by atoms with Gasteiger partial charge in [0.05, 0.1) is 0 Å². The number of rotatable bonds is 6. The van der Waals surface area contributed by atoms with Gasteiger partial charge in [-0.3, -0.25) is 9.69 Å². The van der Waals surface area contributed by atoms with Crippen LogP contribution in [0.5, 0.6) is 0 Å². The highest BCUT2D eigenvalue weighted by Gasteiger charge is 2.32. The van der Waals surface area contributed by atoms with Crippen LogP contribution in [0.2, 0.25) is 0 Å². The number of ketones is 1. The summed E-state index contributed by atoms with van der Waals surface area (Å²) in [6.45, 7) is 9.10. The first-order chi connectivity index (χ1) is 9.60. The number of hydrogen-bond donors (Lipinski definition) is 0. The molecular weight excluding hydrogens is 246 g/mol. The third-order valence-corrected chi connectivity index (χ3v) is 5.35. The Labute approximate surface area is 125 Å². The summed E-state index contributed by atoms with van der Waals surface area (Å²) in [6.07, 6.45) is 9.84. The average molecular weight is 279 g/mol. The number of nitrogens with zero attached hydrogens (tertiary/aromatic N) is 1. The third-order valence-electron chi connectivity index (χ3n) is 5.35. The second-order valence-corrected chi connectivity index (χ2v) is 7.50. The first-order valence-corrected chi connectivity index (χ1v) is 8.86. The Morgan fingerprint density at radius 3 is 2.50 bits per heavy atom. The number of carbonyl (C=O) groups is 1. The summed E-state index contributed by atoms with van der Waals surface area (Å²) < 4.78 is 0. The van der Waals surface area contributed by atoms with Gasteiger partial charge < -0.3 is 0 Å². The van der Waals surface area contributed by atoms with Crippen molar-refractivity contribution in [2.75, 3.05) is 13.1 Å². The normalized spacial score (nSPS) is 28.8. The van der Waals surface area contributed by atoms with Crippen LogP contribution in [0.1, 0.15) is 72.1 Å². The zero-order valence-corrected chi connectivity index (χ0v) is 13.7. The van der Waals surface area contributed by atoms with Crippen LogP contribution in [0, 0.1) is 17.8 Å². The topological polar surface area (TPSA) is 20.3 Å². The standard InChI is InChI=1S/C18H33NO/c1-4-15-9-10-18(20)16(11-15)13-19(12-14(2)3)17-7-5-6-8-17/h14-17H,4-13H2,1-3H3. The van der Waals surface area contributed by atoms with Crippen molar-refractivity contribution in [2.45, 2.75) is 78.2 Å². The Bertz CT molecular complexity index is 307. The number of carbonyl (C=O) groups excluding carboxylic acids is 1. The van der Waals surface area contributed by atoms with Gasteiger partial charge in [-0.2, -0.15) is 0 Å². The van der Waals surface area contributed by atoms with E-state index in [1.807, 2.05) is 0 Å². The number of Topliss-reactive ketones (excluding diaryl/α,β-unsaturated/α-hetero) is 1. The second kappa shape index (κ2) is 7.59. The predicted molar refractivity (Wildman–Crippen MR) is 84.8 cm³/mol. The van der Waals surface area contributed by atoms with Crippen molar-refractivity contribution in [3.05, 3.63) is 0 Å². The molecule has 2 aliphatic rings. The molecular formula is C18H33NO. The molecule has 0 spiro atoms. The van der Waals surface area contributed by atoms with Gasteiger partial charge in [0.2, 0.25) is 0 Å². The van der Waals surface area contributed by atoms with Crippen molar-refractivity contribution in [3.8, 4) is 0 Å². The highest BCUT2D eigenvalue weighted by molar-refractivity contribution is 5.81. The lowest BCUT2D eigenvalue weighted by Gasteiger charge is -2.36. The van der Waals surface area contributed by atoms with Crippen molar-refractivity contribution in [1.82, 2.24) is 4.90 Å². The molecule has 2 unspecified atom stereocenters. The molecule has 116 valence electrons. The maximum Gasteiger partial charge on any atom is 0.137 e. The van der Waals surface area contributed by atoms with E-state index in [0.717, 1.165) is 37.8 Å². The van der Waals surface area contributed by atoms with E-state index in [0.29, 0.717) is 17.6 Å². The SMILES string of the molecule is CCC1CCC(=O)C(CN(CC(C)C)C2CCCC2)C1. The van der Waals surface area contributed by atoms with Crippen LogP contribution >= 0.6 is 0 Å². The minimum Gasteiger partial charge on any atom is -0.299 e. The summed E-state index contributed by atoms with van der Waals surface area (Å²) in [5.41, 5.74) is 0. The first-order valence-electron chi connectivity index (χ1n) is 8.86. The van der Waals surface area contributed by atoms with Gasteiger partial charge in [-0.05, 0) is 37.5 Å². The summed E-state index contributed by atoms with van der Waals surface area (Å²) in [5, 5.41) is 0. The van der Waals surface area contributed by atoms with Crippen molar-refractivity contribution in [3.63, 3.8) is 0 Å². The van der Waals surface area contributed by atoms with Crippen LogP contribution in [0.3, 0.4) is 0 Å². The largest absolute Gasteiger partial charge is 0.299 e. The van der Waals surface area contributed by atoms with Gasteiger partial charge in [0.1, 0.15) is 5.78 Å². The smallest absolute Gasteiger partial charge is 0.137 e. The molecule has 2 nitrogen and oxygen atoms in total. The molecule has 0 amide bonds. The van der Waals surface area contributed by atoms with Gasteiger partial charge in [-0.1, -0.05) is 40.0 Å². The van der Waals surface area contributed by atoms with Crippen LogP contribution in [0.25, 0.3) is 0 Å². The molecule has 20 heavy (non-hydrogen) atoms. The maximum absolute atomic E-state index is 12.3. The molecule has 0 bridgehead atoms. The van der Waals surface area contributed by atoms with E-state index in [1.165, 1.54) is 38.6 Å². The predicted octanol–water partition coefficient (Wildman–Crippen LogP) is 4.28. The van der Waals surface area contributed by atoms with Crippen LogP contribution in [0.15, 0.2) is 0 Å². The Morgan fingerprint density at radius 1 is 1.20 bits per heavy atom. The zero-order valence-electron chi connectivity index (χ0n) is 13.7. The summed E-state index contributed by atoms with van der Waals surface area (Å²) >= 11 is 0. The first kappa shape index (κ1) is 16.0. The van der Waals surface area contributed by atoms with Gasteiger partial charge in [0, 0.05) is 31.5 Å². The molecule has 0 aromatic heterocycles. The molecule has 0 radical (unpaired) electrons. The minimum absolute atomic E-state index is 0.327. The maximum atomic E-state index is 12.3. The van der Waals surface area contributed by atoms with Crippen molar-refractivity contribution in [1.29, 1.82) is 0 Å². The van der Waals surface area contributed by atoms with Crippen molar-refractivity contribution in [2.24, 2.45) is 17.8 Å². The molecule has 0 aliphatic heterocycles. The van der Waals surface area contributed by atoms with Gasteiger partial charge >= 0.3 is 0 Å². The van der Waals surface area contributed by atoms with Crippen molar-refractivity contribution < 1.29 is 4.79 Å². The van der Waals surface area contributed by atoms with E-state index >= 15 is 0 Å². The van der Waals surface area contributed by atoms with Crippen LogP contribution in [-0.2, 0) is 4.79 Å². The summed E-state index contributed by atoms with van der Waals surface area (Å²) in [4.78, 5) is 14.9. The van der Waals surface area contributed by atoms with Crippen LogP contribution < -0.4 is 0 Å². The monoisotopic (exact) mass is 279 g/mol. The molecule has 0 heterocycles. The lowest BCUT2D eigenvalue weighted by molar-refractivity contribution is -0.126. The Balaban J connectivity index is 1.96. The Hall–Kier alpha value is -0.370. The highest BCUT2D eigenvalue weighted by atomic mass is 16.1. The zero-order chi connectivity index (χ0) is 14.5. The van der Waals surface area contributed by atoms with Gasteiger partial charge in [0.15, 0.2) is 0 Å². The molecule has 2 rings (SSSR count). The van der Waals surface area contributed by atoms with Gasteiger partial charge in [-0.25, -0.2) is 0 Å². The fourth-order valence-electron chi connectivity index (χ4n) is 4.14. The second-order valence-electron chi connectivity index (χ2n) is 7.50. The van der Waals surface area contributed by atoms with E-state index in [9.17, 15) is 4.79 Å². The van der Waals surface area contributed by atoms with Gasteiger partial charge in [0.25, 0.3) is 0 Å². The summed E-state index contributed by atoms with van der Waals surface area (Å²) in [5.74, 6) is 2.37. The summed E-state index contributed by atoms with van der Waals surface area (Å²) in [7, 11) is 0. The van der Waals surface area contributed by atoms with E-state index in [-0.39, 0.29) is 0 Å². The molecule has 2 atom stereocenters. The Morgan fingerprint density at radius 2 is 1.90 bits per heavy atom. The molecule has 0 aromatic carbocycles. The molecule has 0 aromatic rings. The molecule has 2 heteroatoms. The number of hydrogen-bond acceptors (Lipinski definition) is 2. The van der Waals surface area contributed by atoms with Crippen LogP contribution in [-0.4, -0.2) is 29.8 Å².